The van der Waals surface area contributed by atoms with Crippen LogP contribution in [-0.2, 0) is 0 Å². The van der Waals surface area contributed by atoms with Crippen LogP contribution in [0.15, 0.2) is 28.0 Å². The van der Waals surface area contributed by atoms with Crippen LogP contribution in [0.2, 0.25) is 5.02 Å². The number of carboxylic acid groups (broad SMARTS) is 2. The second-order valence-corrected chi connectivity index (χ2v) is 16.4. The van der Waals surface area contributed by atoms with Crippen LogP contribution in [-0.4, -0.2) is 81.8 Å². The highest BCUT2D eigenvalue weighted by molar-refractivity contribution is 6.38. The van der Waals surface area contributed by atoms with Crippen molar-refractivity contribution < 1.29 is 37.4 Å². The Morgan fingerprint density at radius 3 is 1.97 bits per heavy atom. The third kappa shape index (κ3) is 6.93. The predicted octanol–water partition coefficient (Wildman–Crippen LogP) is 5.81. The largest absolute Gasteiger partial charge is 0.477 e. The van der Waals surface area contributed by atoms with Gasteiger partial charge in [0.2, 0.25) is 10.9 Å². The van der Waals surface area contributed by atoms with Crippen molar-refractivity contribution in [2.24, 2.45) is 11.1 Å². The first-order chi connectivity index (χ1) is 27.4. The van der Waals surface area contributed by atoms with Gasteiger partial charge < -0.3 is 45.9 Å². The van der Waals surface area contributed by atoms with E-state index in [1.165, 1.54) is 9.13 Å². The normalized spacial score (nSPS) is 24.3. The minimum Gasteiger partial charge on any atom is -0.477 e. The highest BCUT2D eigenvalue weighted by Gasteiger charge is 2.54. The van der Waals surface area contributed by atoms with Crippen LogP contribution in [0.5, 0.6) is 0 Å². The van der Waals surface area contributed by atoms with E-state index in [1.54, 1.807) is 9.80 Å². The van der Waals surface area contributed by atoms with Crippen molar-refractivity contribution in [3.05, 3.63) is 72.5 Å². The molecular weight excluding hydrogens is 786 g/mol. The summed E-state index contributed by atoms with van der Waals surface area (Å²) in [4.78, 5) is 51.6. The Morgan fingerprint density at radius 2 is 1.45 bits per heavy atom. The van der Waals surface area contributed by atoms with Crippen LogP contribution < -0.4 is 37.4 Å². The number of hydrogen-bond donors (Lipinski definition) is 5. The number of nitrogens with zero attached hydrogens (tertiary/aromatic N) is 4. The smallest absolute Gasteiger partial charge is 0.341 e. The zero-order chi connectivity index (χ0) is 42.3. The predicted molar refractivity (Wildman–Crippen MR) is 214 cm³/mol. The topological polar surface area (TPSA) is 189 Å². The van der Waals surface area contributed by atoms with Gasteiger partial charge in [-0.25, -0.2) is 27.2 Å². The molecule has 3 saturated carbocycles. The summed E-state index contributed by atoms with van der Waals surface area (Å²) in [6.45, 7) is 9.61. The maximum absolute atomic E-state index is 15.6. The molecule has 4 aromatic rings. The zero-order valence-electron chi connectivity index (χ0n) is 32.4. The van der Waals surface area contributed by atoms with Crippen molar-refractivity contribution in [1.29, 1.82) is 0 Å². The van der Waals surface area contributed by atoms with Crippen LogP contribution in [0.1, 0.15) is 92.6 Å². The number of anilines is 3. The van der Waals surface area contributed by atoms with Gasteiger partial charge in [-0.3, -0.25) is 9.59 Å². The lowest BCUT2D eigenvalue weighted by molar-refractivity contribution is 0.0684. The third-order valence-corrected chi connectivity index (χ3v) is 12.1. The summed E-state index contributed by atoms with van der Waals surface area (Å²) in [5.74, 6) is -5.49. The number of piperazine rings is 1. The third-order valence-electron chi connectivity index (χ3n) is 11.8. The minimum absolute atomic E-state index is 0.00645. The number of carboxylic acids is 2. The summed E-state index contributed by atoms with van der Waals surface area (Å²) in [6, 6.07) is 0.204. The molecule has 2 aliphatic heterocycles. The molecule has 0 amide bonds. The molecule has 0 radical (unpaired) electrons. The van der Waals surface area contributed by atoms with Gasteiger partial charge in [-0.15, -0.1) is 0 Å². The van der Waals surface area contributed by atoms with Gasteiger partial charge in [-0.05, 0) is 45.6 Å². The summed E-state index contributed by atoms with van der Waals surface area (Å²) in [7, 11) is 0. The van der Waals surface area contributed by atoms with Crippen LogP contribution in [0.4, 0.5) is 34.6 Å². The number of nitrogens with two attached hydrogens (primary N) is 2. The number of nitrogens with one attached hydrogen (secondary N) is 1. The molecule has 2 aromatic heterocycles. The lowest BCUT2D eigenvalue weighted by Crippen LogP contribution is -2.54. The molecule has 5 fully saturated rings. The Hall–Kier alpha value is -4.87. The fourth-order valence-electron chi connectivity index (χ4n) is 8.56. The van der Waals surface area contributed by atoms with Crippen molar-refractivity contribution in [3.63, 3.8) is 0 Å². The maximum Gasteiger partial charge on any atom is 0.341 e. The van der Waals surface area contributed by atoms with Crippen LogP contribution in [0, 0.1) is 22.9 Å². The molecule has 2 saturated heterocycles. The molecule has 58 heavy (non-hydrogen) atoms. The van der Waals surface area contributed by atoms with Gasteiger partial charge in [0.15, 0.2) is 11.6 Å². The Bertz CT molecular complexity index is 2480. The number of aromatic nitrogens is 2. The molecule has 312 valence electrons. The van der Waals surface area contributed by atoms with E-state index in [1.807, 2.05) is 27.7 Å². The summed E-state index contributed by atoms with van der Waals surface area (Å²) in [5, 5.41) is 21.4. The summed E-state index contributed by atoms with van der Waals surface area (Å²) in [5.41, 5.74) is 8.68. The van der Waals surface area contributed by atoms with E-state index >= 15 is 13.2 Å². The fourth-order valence-corrected chi connectivity index (χ4v) is 8.97. The van der Waals surface area contributed by atoms with E-state index in [4.69, 9.17) is 23.1 Å². The standard InChI is InChI=1S/C19H18ClF2N3O3.C19H22F2N4O3.C2H6/c20-14-15-8(17(26)9(18(27)28)5-25(15)12-4-10(12)21)3-11(22)16(14)24-6-13(23)19(7-24)1-2-19;1-8-5-24(6-9(2)23-8)17-13(20)15(22)12-16(14(17)21)25(10-3-4-10)7-11(18(12)26)19(27)28;1-2/h3,5,10,12-13H,1-2,4,6-7,23H2,(H,27,28);7-10,23H,3-6,22H2,1-2H3,(H,27,28);1-2H3/t10-,12?,13+;8-,9+;/m0../s1. The molecule has 7 N–H and O–H groups in total. The Morgan fingerprint density at radius 1 is 0.879 bits per heavy atom. The Balaban J connectivity index is 0.000000169. The van der Waals surface area contributed by atoms with Gasteiger partial charge in [-0.2, -0.15) is 0 Å². The summed E-state index contributed by atoms with van der Waals surface area (Å²) in [6.07, 6.45) is 4.71. The van der Waals surface area contributed by atoms with Crippen molar-refractivity contribution >= 4 is 62.4 Å². The van der Waals surface area contributed by atoms with Crippen molar-refractivity contribution in [2.75, 3.05) is 41.7 Å². The number of nitrogen functional groups attached to an aromatic ring is 1. The first-order valence-electron chi connectivity index (χ1n) is 19.5. The van der Waals surface area contributed by atoms with Crippen molar-refractivity contribution in [3.8, 4) is 0 Å². The molecule has 18 heteroatoms. The molecule has 4 heterocycles. The van der Waals surface area contributed by atoms with Gasteiger partial charge in [-0.1, -0.05) is 25.4 Å². The van der Waals surface area contributed by atoms with Crippen LogP contribution in [0.25, 0.3) is 21.8 Å². The number of hydrogen-bond acceptors (Lipinski definition) is 9. The maximum atomic E-state index is 15.6. The van der Waals surface area contributed by atoms with E-state index in [0.717, 1.165) is 44.1 Å². The van der Waals surface area contributed by atoms with Crippen LogP contribution in [0.3, 0.4) is 0 Å². The van der Waals surface area contributed by atoms with E-state index in [9.17, 15) is 33.8 Å². The molecule has 5 atom stereocenters. The number of fused-ring (bicyclic) bond motifs is 2. The van der Waals surface area contributed by atoms with Gasteiger partial charge in [0, 0.05) is 74.6 Å². The van der Waals surface area contributed by atoms with E-state index in [0.29, 0.717) is 26.2 Å². The molecule has 1 spiro atoms. The summed E-state index contributed by atoms with van der Waals surface area (Å²) >= 11 is 6.56. The highest BCUT2D eigenvalue weighted by Crippen LogP contribution is 2.54. The fraction of sp³-hybridized carbons (Fsp3) is 0.500. The average Bonchev–Trinajstić information content (AvgIpc) is 4.07. The van der Waals surface area contributed by atoms with E-state index in [2.05, 4.69) is 5.32 Å². The Kier molecular flexibility index (Phi) is 10.7. The quantitative estimate of drug-likeness (QED) is 0.117. The number of carbonyl (C=O) groups is 2. The molecule has 3 aliphatic carbocycles. The van der Waals surface area contributed by atoms with E-state index in [-0.39, 0.29) is 68.8 Å². The first kappa shape index (κ1) is 41.3. The number of rotatable bonds is 6. The molecule has 2 aromatic carbocycles. The zero-order valence-corrected chi connectivity index (χ0v) is 33.2. The number of aromatic carboxylic acids is 2. The second kappa shape index (κ2) is 15.1. The average molecular weight is 832 g/mol. The van der Waals surface area contributed by atoms with Gasteiger partial charge in [0.05, 0.1) is 44.2 Å². The number of benzene rings is 2. The van der Waals surface area contributed by atoms with Gasteiger partial charge in [0.1, 0.15) is 28.8 Å². The molecule has 0 bridgehead atoms. The first-order valence-corrected chi connectivity index (χ1v) is 19.9. The molecule has 1 unspecified atom stereocenters. The minimum atomic E-state index is -1.45. The monoisotopic (exact) mass is 831 g/mol. The lowest BCUT2D eigenvalue weighted by Gasteiger charge is -2.38. The van der Waals surface area contributed by atoms with Gasteiger partial charge in [0.25, 0.3) is 0 Å². The second-order valence-electron chi connectivity index (χ2n) is 16.0. The lowest BCUT2D eigenvalue weighted by atomic mass is 10.0. The van der Waals surface area contributed by atoms with Crippen molar-refractivity contribution in [1.82, 2.24) is 14.5 Å². The molecule has 5 aliphatic rings. The van der Waals surface area contributed by atoms with E-state index < -0.39 is 74.7 Å². The van der Waals surface area contributed by atoms with Crippen molar-refractivity contribution in [2.45, 2.75) is 96.2 Å². The molecular formula is C40H46ClF4N7O6. The number of halogens is 5. The SMILES string of the molecule is CC.C[C@@H]1CN(c2c(F)c(N)c3c(=O)c(C(=O)O)cn(C4CC4)c3c2F)C[C@H](C)N1.N[C@@H]1CN(c2c(F)cc3c(=O)c(C(=O)O)cn(C4C[C@@H]4F)c3c2Cl)CC12CC2. The highest BCUT2D eigenvalue weighted by atomic mass is 35.5. The summed E-state index contributed by atoms with van der Waals surface area (Å²) < 4.78 is 62.5. The van der Waals surface area contributed by atoms with Gasteiger partial charge >= 0.3 is 11.9 Å². The number of pyridine rings is 2. The van der Waals surface area contributed by atoms with Crippen LogP contribution >= 0.6 is 11.6 Å². The Labute approximate surface area is 335 Å². The molecule has 9 rings (SSSR count). The number of alkyl halides is 1. The molecule has 13 nitrogen and oxygen atoms in total.